The van der Waals surface area contributed by atoms with Crippen LogP contribution in [0.3, 0.4) is 0 Å². The van der Waals surface area contributed by atoms with Crippen molar-refractivity contribution < 1.29 is 9.59 Å². The van der Waals surface area contributed by atoms with Gasteiger partial charge in [0.25, 0.3) is 5.91 Å². The third kappa shape index (κ3) is 3.69. The van der Waals surface area contributed by atoms with E-state index in [-0.39, 0.29) is 23.4 Å². The number of likely N-dealkylation sites (N-methyl/N-ethyl adjacent to an activating group) is 1. The quantitative estimate of drug-likeness (QED) is 0.839. The molecule has 1 N–H and O–H groups in total. The van der Waals surface area contributed by atoms with Crippen molar-refractivity contribution >= 4 is 29.2 Å². The Balaban J connectivity index is 1.51. The lowest BCUT2D eigenvalue weighted by Gasteiger charge is -2.25. The van der Waals surface area contributed by atoms with Gasteiger partial charge >= 0.3 is 0 Å². The van der Waals surface area contributed by atoms with Crippen molar-refractivity contribution in [3.63, 3.8) is 0 Å². The van der Waals surface area contributed by atoms with Crippen molar-refractivity contribution in [2.45, 2.75) is 38.3 Å². The zero-order valence-electron chi connectivity index (χ0n) is 16.9. The van der Waals surface area contributed by atoms with Crippen LogP contribution in [-0.2, 0) is 16.8 Å². The van der Waals surface area contributed by atoms with E-state index in [1.807, 2.05) is 35.2 Å². The van der Waals surface area contributed by atoms with Gasteiger partial charge in [-0.15, -0.1) is 0 Å². The first-order valence-corrected chi connectivity index (χ1v) is 10.2. The average Bonchev–Trinajstić information content (AvgIpc) is 3.31. The Hall–Kier alpha value is -2.60. The fourth-order valence-corrected chi connectivity index (χ4v) is 4.44. The van der Waals surface area contributed by atoms with E-state index in [0.717, 1.165) is 29.8 Å². The largest absolute Gasteiger partial charge is 0.360 e. The molecule has 2 amide bonds. The maximum absolute atomic E-state index is 13.0. The fraction of sp³-hybridized carbons (Fsp3) is 0.409. The summed E-state index contributed by atoms with van der Waals surface area (Å²) in [4.78, 5) is 32.7. The van der Waals surface area contributed by atoms with Gasteiger partial charge in [-0.05, 0) is 42.7 Å². The molecular weight excluding hydrogens is 388 g/mol. The molecule has 1 aromatic heterocycles. The number of carbonyl (C=O) groups is 2. The summed E-state index contributed by atoms with van der Waals surface area (Å²) >= 11 is 6.17. The third-order valence-corrected chi connectivity index (χ3v) is 6.34. The lowest BCUT2D eigenvalue weighted by Crippen LogP contribution is -2.38. The average molecular weight is 413 g/mol. The number of carbonyl (C=O) groups excluding carboxylic acids is 2. The minimum absolute atomic E-state index is 0.0230. The molecule has 0 radical (unpaired) electrons. The molecule has 1 aromatic carbocycles. The second-order valence-corrected chi connectivity index (χ2v) is 8.64. The number of nitrogens with one attached hydrogen (secondary N) is 1. The molecule has 1 fully saturated rings. The molecule has 7 heteroatoms. The van der Waals surface area contributed by atoms with Gasteiger partial charge in [-0.2, -0.15) is 0 Å². The van der Waals surface area contributed by atoms with Gasteiger partial charge in [0, 0.05) is 44.7 Å². The van der Waals surface area contributed by atoms with E-state index < -0.39 is 0 Å². The summed E-state index contributed by atoms with van der Waals surface area (Å²) < 4.78 is 0. The standard InChI is InChI=1S/C22H25ClN4O2/c1-14(28)26(3)19-7-8-27(13-19)21(29)16-9-15-11-22(2,25-20(15)24-12-16)17-5-4-6-18(23)10-17/h4-6,9-10,12,19H,7-8,11,13H2,1-3H3,(H,24,25)/t19-,22?/m0/s1. The van der Waals surface area contributed by atoms with Crippen molar-refractivity contribution in [3.05, 3.63) is 58.2 Å². The highest BCUT2D eigenvalue weighted by Crippen LogP contribution is 2.39. The molecule has 0 saturated carbocycles. The second-order valence-electron chi connectivity index (χ2n) is 8.20. The van der Waals surface area contributed by atoms with Crippen molar-refractivity contribution in [1.82, 2.24) is 14.8 Å². The first-order chi connectivity index (χ1) is 13.8. The van der Waals surface area contributed by atoms with Crippen LogP contribution in [0.4, 0.5) is 5.82 Å². The highest BCUT2D eigenvalue weighted by molar-refractivity contribution is 6.30. The second kappa shape index (κ2) is 7.34. The summed E-state index contributed by atoms with van der Waals surface area (Å²) in [6, 6.07) is 9.83. The number of nitrogens with zero attached hydrogens (tertiary/aromatic N) is 3. The molecule has 3 heterocycles. The van der Waals surface area contributed by atoms with Crippen LogP contribution in [0.2, 0.25) is 5.02 Å². The molecule has 6 nitrogen and oxygen atoms in total. The van der Waals surface area contributed by atoms with E-state index in [9.17, 15) is 9.59 Å². The highest BCUT2D eigenvalue weighted by Gasteiger charge is 2.36. The summed E-state index contributed by atoms with van der Waals surface area (Å²) in [6.45, 7) is 4.88. The number of amides is 2. The Morgan fingerprint density at radius 1 is 1.34 bits per heavy atom. The van der Waals surface area contributed by atoms with Crippen LogP contribution in [0.15, 0.2) is 36.5 Å². The van der Waals surface area contributed by atoms with Crippen LogP contribution in [-0.4, -0.2) is 52.8 Å². The predicted molar refractivity (Wildman–Crippen MR) is 113 cm³/mol. The third-order valence-electron chi connectivity index (χ3n) is 6.11. The van der Waals surface area contributed by atoms with Crippen LogP contribution in [0.25, 0.3) is 0 Å². The number of aromatic nitrogens is 1. The Labute approximate surface area is 175 Å². The predicted octanol–water partition coefficient (Wildman–Crippen LogP) is 3.31. The minimum atomic E-state index is -0.315. The van der Waals surface area contributed by atoms with E-state index in [1.165, 1.54) is 0 Å². The zero-order chi connectivity index (χ0) is 20.8. The van der Waals surface area contributed by atoms with Gasteiger partial charge in [-0.1, -0.05) is 23.7 Å². The molecule has 0 bridgehead atoms. The zero-order valence-corrected chi connectivity index (χ0v) is 17.7. The van der Waals surface area contributed by atoms with Crippen LogP contribution < -0.4 is 5.32 Å². The molecule has 2 aliphatic rings. The summed E-state index contributed by atoms with van der Waals surface area (Å²) in [5.74, 6) is 0.797. The van der Waals surface area contributed by atoms with E-state index in [2.05, 4.69) is 17.2 Å². The molecule has 29 heavy (non-hydrogen) atoms. The Morgan fingerprint density at radius 3 is 2.86 bits per heavy atom. The molecule has 1 unspecified atom stereocenters. The molecule has 0 spiro atoms. The lowest BCUT2D eigenvalue weighted by molar-refractivity contribution is -0.129. The van der Waals surface area contributed by atoms with Crippen LogP contribution >= 0.6 is 11.6 Å². The van der Waals surface area contributed by atoms with E-state index >= 15 is 0 Å². The van der Waals surface area contributed by atoms with Gasteiger partial charge in [-0.25, -0.2) is 4.98 Å². The monoisotopic (exact) mass is 412 g/mol. The van der Waals surface area contributed by atoms with Gasteiger partial charge in [0.15, 0.2) is 0 Å². The first-order valence-electron chi connectivity index (χ1n) is 9.83. The topological polar surface area (TPSA) is 65.5 Å². The van der Waals surface area contributed by atoms with E-state index in [0.29, 0.717) is 23.7 Å². The van der Waals surface area contributed by atoms with Gasteiger partial charge in [0.1, 0.15) is 5.82 Å². The summed E-state index contributed by atoms with van der Waals surface area (Å²) in [6.07, 6.45) is 3.17. The summed E-state index contributed by atoms with van der Waals surface area (Å²) in [5, 5.41) is 4.18. The maximum Gasteiger partial charge on any atom is 0.255 e. The lowest BCUT2D eigenvalue weighted by atomic mass is 9.89. The molecular formula is C22H25ClN4O2. The first kappa shape index (κ1) is 19.7. The number of likely N-dealkylation sites (tertiary alicyclic amines) is 1. The summed E-state index contributed by atoms with van der Waals surface area (Å²) in [5.41, 5.74) is 2.39. The summed E-state index contributed by atoms with van der Waals surface area (Å²) in [7, 11) is 1.79. The maximum atomic E-state index is 13.0. The number of halogens is 1. The Kier molecular flexibility index (Phi) is 4.99. The molecule has 2 aromatic rings. The fourth-order valence-electron chi connectivity index (χ4n) is 4.25. The van der Waals surface area contributed by atoms with Gasteiger partial charge < -0.3 is 15.1 Å². The van der Waals surface area contributed by atoms with Crippen LogP contribution in [0.1, 0.15) is 41.8 Å². The molecule has 1 saturated heterocycles. The van der Waals surface area contributed by atoms with Gasteiger partial charge in [0.2, 0.25) is 5.91 Å². The smallest absolute Gasteiger partial charge is 0.255 e. The van der Waals surface area contributed by atoms with Crippen LogP contribution in [0, 0.1) is 0 Å². The molecule has 2 atom stereocenters. The van der Waals surface area contributed by atoms with Gasteiger partial charge in [-0.3, -0.25) is 9.59 Å². The van der Waals surface area contributed by atoms with Gasteiger partial charge in [0.05, 0.1) is 17.1 Å². The van der Waals surface area contributed by atoms with Crippen molar-refractivity contribution in [3.8, 4) is 0 Å². The SMILES string of the molecule is CC(=O)N(C)[C@H]1CCN(C(=O)c2cnc3c(c2)CC(C)(c2cccc(Cl)c2)N3)C1. The number of hydrogen-bond donors (Lipinski definition) is 1. The molecule has 4 rings (SSSR count). The number of benzene rings is 1. The molecule has 2 aliphatic heterocycles. The van der Waals surface area contributed by atoms with Crippen molar-refractivity contribution in [1.29, 1.82) is 0 Å². The molecule has 0 aliphatic carbocycles. The highest BCUT2D eigenvalue weighted by atomic mass is 35.5. The number of fused-ring (bicyclic) bond motifs is 1. The minimum Gasteiger partial charge on any atom is -0.360 e. The van der Waals surface area contributed by atoms with Crippen molar-refractivity contribution in [2.75, 3.05) is 25.5 Å². The Bertz CT molecular complexity index is 979. The Morgan fingerprint density at radius 2 is 2.14 bits per heavy atom. The normalized spacial score (nSPS) is 22.9. The van der Waals surface area contributed by atoms with Crippen LogP contribution in [0.5, 0.6) is 0 Å². The number of hydrogen-bond acceptors (Lipinski definition) is 4. The molecule has 152 valence electrons. The number of anilines is 1. The number of rotatable bonds is 3. The number of pyridine rings is 1. The van der Waals surface area contributed by atoms with Crippen molar-refractivity contribution in [2.24, 2.45) is 0 Å². The van der Waals surface area contributed by atoms with E-state index in [4.69, 9.17) is 11.6 Å². The van der Waals surface area contributed by atoms with E-state index in [1.54, 1.807) is 25.1 Å².